The summed E-state index contributed by atoms with van der Waals surface area (Å²) >= 11 is 5.93. The molecule has 0 amide bonds. The summed E-state index contributed by atoms with van der Waals surface area (Å²) in [6, 6.07) is 8.78. The molecule has 1 saturated heterocycles. The number of piperazine rings is 1. The molecule has 0 radical (unpaired) electrons. The molecule has 4 heteroatoms. The van der Waals surface area contributed by atoms with Crippen LogP contribution in [0.15, 0.2) is 24.3 Å². The zero-order valence-corrected chi connectivity index (χ0v) is 12.7. The molecule has 0 spiro atoms. The van der Waals surface area contributed by atoms with Crippen molar-refractivity contribution in [3.63, 3.8) is 0 Å². The fourth-order valence-electron chi connectivity index (χ4n) is 2.56. The highest BCUT2D eigenvalue weighted by Crippen LogP contribution is 2.19. The number of nitrogens with zero attached hydrogens (tertiary/aromatic N) is 2. The van der Waals surface area contributed by atoms with Crippen LogP contribution < -0.4 is 10.2 Å². The highest BCUT2D eigenvalue weighted by Gasteiger charge is 2.20. The lowest BCUT2D eigenvalue weighted by Crippen LogP contribution is -2.52. The SMILES string of the molecule is CCNCC(C)N1CCN(c2ccc(Cl)cc2)CC1. The Morgan fingerprint density at radius 1 is 1.16 bits per heavy atom. The van der Waals surface area contributed by atoms with Crippen LogP contribution in [0.2, 0.25) is 5.02 Å². The average molecular weight is 282 g/mol. The Bertz CT molecular complexity index is 371. The van der Waals surface area contributed by atoms with E-state index in [-0.39, 0.29) is 0 Å². The van der Waals surface area contributed by atoms with Gasteiger partial charge in [-0.05, 0) is 37.7 Å². The monoisotopic (exact) mass is 281 g/mol. The molecule has 1 aliphatic rings. The Morgan fingerprint density at radius 2 is 1.79 bits per heavy atom. The molecule has 19 heavy (non-hydrogen) atoms. The van der Waals surface area contributed by atoms with Gasteiger partial charge in [0, 0.05) is 49.5 Å². The topological polar surface area (TPSA) is 18.5 Å². The van der Waals surface area contributed by atoms with Crippen LogP contribution in [0.25, 0.3) is 0 Å². The van der Waals surface area contributed by atoms with E-state index < -0.39 is 0 Å². The number of benzene rings is 1. The van der Waals surface area contributed by atoms with Crippen molar-refractivity contribution in [3.8, 4) is 0 Å². The summed E-state index contributed by atoms with van der Waals surface area (Å²) in [6.07, 6.45) is 0. The van der Waals surface area contributed by atoms with Gasteiger partial charge in [0.2, 0.25) is 0 Å². The van der Waals surface area contributed by atoms with E-state index in [0.29, 0.717) is 6.04 Å². The Kier molecular flexibility index (Phi) is 5.49. The van der Waals surface area contributed by atoms with Crippen LogP contribution in [-0.2, 0) is 0 Å². The lowest BCUT2D eigenvalue weighted by Gasteiger charge is -2.39. The van der Waals surface area contributed by atoms with Crippen LogP contribution in [0.4, 0.5) is 5.69 Å². The molecule has 1 N–H and O–H groups in total. The number of nitrogens with one attached hydrogen (secondary N) is 1. The Hall–Kier alpha value is -0.770. The lowest BCUT2D eigenvalue weighted by atomic mass is 10.2. The highest BCUT2D eigenvalue weighted by atomic mass is 35.5. The van der Waals surface area contributed by atoms with Crippen LogP contribution in [0.1, 0.15) is 13.8 Å². The molecular formula is C15H24ClN3. The number of hydrogen-bond donors (Lipinski definition) is 1. The van der Waals surface area contributed by atoms with Crippen LogP contribution in [0, 0.1) is 0 Å². The summed E-state index contributed by atoms with van der Waals surface area (Å²) in [4.78, 5) is 5.00. The van der Waals surface area contributed by atoms with Crippen molar-refractivity contribution in [2.75, 3.05) is 44.2 Å². The predicted octanol–water partition coefficient (Wildman–Crippen LogP) is 2.46. The van der Waals surface area contributed by atoms with Gasteiger partial charge >= 0.3 is 0 Å². The minimum Gasteiger partial charge on any atom is -0.369 e. The summed E-state index contributed by atoms with van der Waals surface area (Å²) in [5, 5.41) is 4.23. The van der Waals surface area contributed by atoms with E-state index in [2.05, 4.69) is 41.1 Å². The van der Waals surface area contributed by atoms with E-state index in [1.165, 1.54) is 5.69 Å². The van der Waals surface area contributed by atoms with Gasteiger partial charge in [0.25, 0.3) is 0 Å². The van der Waals surface area contributed by atoms with E-state index in [0.717, 1.165) is 44.3 Å². The fourth-order valence-corrected chi connectivity index (χ4v) is 2.68. The van der Waals surface area contributed by atoms with E-state index in [1.807, 2.05) is 12.1 Å². The van der Waals surface area contributed by atoms with E-state index >= 15 is 0 Å². The zero-order valence-electron chi connectivity index (χ0n) is 11.9. The third kappa shape index (κ3) is 4.10. The minimum atomic E-state index is 0.618. The number of halogens is 1. The molecule has 1 unspecified atom stereocenters. The van der Waals surface area contributed by atoms with E-state index in [4.69, 9.17) is 11.6 Å². The summed E-state index contributed by atoms with van der Waals surface area (Å²) in [6.45, 7) is 11.1. The molecule has 0 bridgehead atoms. The first-order valence-electron chi connectivity index (χ1n) is 7.16. The highest BCUT2D eigenvalue weighted by molar-refractivity contribution is 6.30. The van der Waals surface area contributed by atoms with Gasteiger partial charge in [0.05, 0.1) is 0 Å². The third-order valence-corrected chi connectivity index (χ3v) is 4.07. The summed E-state index contributed by atoms with van der Waals surface area (Å²) in [5.41, 5.74) is 1.28. The Labute approximate surface area is 121 Å². The first-order chi connectivity index (χ1) is 9.20. The van der Waals surface area contributed by atoms with Gasteiger partial charge in [0.15, 0.2) is 0 Å². The maximum absolute atomic E-state index is 5.93. The number of anilines is 1. The zero-order chi connectivity index (χ0) is 13.7. The number of hydrogen-bond acceptors (Lipinski definition) is 3. The molecule has 1 heterocycles. The summed E-state index contributed by atoms with van der Waals surface area (Å²) in [5.74, 6) is 0. The first-order valence-corrected chi connectivity index (χ1v) is 7.53. The van der Waals surface area contributed by atoms with Crippen LogP contribution in [-0.4, -0.2) is 50.2 Å². The van der Waals surface area contributed by atoms with Crippen molar-refractivity contribution in [1.29, 1.82) is 0 Å². The first kappa shape index (κ1) is 14.6. The minimum absolute atomic E-state index is 0.618. The van der Waals surface area contributed by atoms with Gasteiger partial charge < -0.3 is 10.2 Å². The molecule has 1 fully saturated rings. The fraction of sp³-hybridized carbons (Fsp3) is 0.600. The van der Waals surface area contributed by atoms with Gasteiger partial charge in [0.1, 0.15) is 0 Å². The molecule has 3 nitrogen and oxygen atoms in total. The van der Waals surface area contributed by atoms with Crippen molar-refractivity contribution in [1.82, 2.24) is 10.2 Å². The lowest BCUT2D eigenvalue weighted by molar-refractivity contribution is 0.194. The van der Waals surface area contributed by atoms with Gasteiger partial charge in [-0.1, -0.05) is 18.5 Å². The molecule has 0 saturated carbocycles. The molecule has 1 atom stereocenters. The van der Waals surface area contributed by atoms with Crippen LogP contribution in [0.3, 0.4) is 0 Å². The largest absolute Gasteiger partial charge is 0.369 e. The number of likely N-dealkylation sites (N-methyl/N-ethyl adjacent to an activating group) is 1. The second-order valence-electron chi connectivity index (χ2n) is 5.16. The Balaban J connectivity index is 1.83. The molecule has 0 aliphatic carbocycles. The van der Waals surface area contributed by atoms with E-state index in [1.54, 1.807) is 0 Å². The maximum Gasteiger partial charge on any atom is 0.0407 e. The smallest absolute Gasteiger partial charge is 0.0407 e. The molecular weight excluding hydrogens is 258 g/mol. The second kappa shape index (κ2) is 7.13. The molecule has 1 aromatic carbocycles. The maximum atomic E-state index is 5.93. The second-order valence-corrected chi connectivity index (χ2v) is 5.59. The van der Waals surface area contributed by atoms with Gasteiger partial charge in [-0.2, -0.15) is 0 Å². The van der Waals surface area contributed by atoms with Crippen molar-refractivity contribution in [2.45, 2.75) is 19.9 Å². The Morgan fingerprint density at radius 3 is 2.37 bits per heavy atom. The molecule has 1 aromatic rings. The number of rotatable bonds is 5. The molecule has 0 aromatic heterocycles. The molecule has 1 aliphatic heterocycles. The standard InChI is InChI=1S/C15H24ClN3/c1-3-17-12-13(2)18-8-10-19(11-9-18)15-6-4-14(16)5-7-15/h4-7,13,17H,3,8-12H2,1-2H3. The quantitative estimate of drug-likeness (QED) is 0.894. The van der Waals surface area contributed by atoms with Crippen LogP contribution >= 0.6 is 11.6 Å². The molecule has 106 valence electrons. The third-order valence-electron chi connectivity index (χ3n) is 3.82. The van der Waals surface area contributed by atoms with Crippen molar-refractivity contribution in [3.05, 3.63) is 29.3 Å². The predicted molar refractivity (Wildman–Crippen MR) is 83.2 cm³/mol. The summed E-state index contributed by atoms with van der Waals surface area (Å²) in [7, 11) is 0. The van der Waals surface area contributed by atoms with E-state index in [9.17, 15) is 0 Å². The van der Waals surface area contributed by atoms with Gasteiger partial charge in [-0.3, -0.25) is 4.90 Å². The summed E-state index contributed by atoms with van der Waals surface area (Å²) < 4.78 is 0. The van der Waals surface area contributed by atoms with Crippen molar-refractivity contribution < 1.29 is 0 Å². The van der Waals surface area contributed by atoms with Crippen molar-refractivity contribution >= 4 is 17.3 Å². The average Bonchev–Trinajstić information content (AvgIpc) is 2.46. The van der Waals surface area contributed by atoms with Gasteiger partial charge in [-0.25, -0.2) is 0 Å². The van der Waals surface area contributed by atoms with Crippen LogP contribution in [0.5, 0.6) is 0 Å². The van der Waals surface area contributed by atoms with Gasteiger partial charge in [-0.15, -0.1) is 0 Å². The molecule has 2 rings (SSSR count). The normalized spacial score (nSPS) is 18.6. The van der Waals surface area contributed by atoms with Crippen molar-refractivity contribution in [2.24, 2.45) is 0 Å².